The van der Waals surface area contributed by atoms with Gasteiger partial charge in [0.15, 0.2) is 0 Å². The van der Waals surface area contributed by atoms with Gasteiger partial charge >= 0.3 is 0 Å². The predicted octanol–water partition coefficient (Wildman–Crippen LogP) is 2.26. The summed E-state index contributed by atoms with van der Waals surface area (Å²) in [6.07, 6.45) is 8.80. The van der Waals surface area contributed by atoms with Gasteiger partial charge in [-0.3, -0.25) is 14.8 Å². The molecule has 1 N–H and O–H groups in total. The van der Waals surface area contributed by atoms with Crippen LogP contribution in [-0.4, -0.2) is 38.6 Å². The second-order valence-corrected chi connectivity index (χ2v) is 6.53. The number of benzene rings is 1. The molecule has 1 saturated heterocycles. The van der Waals surface area contributed by atoms with Crippen molar-refractivity contribution in [3.8, 4) is 0 Å². The Bertz CT molecular complexity index is 918. The Morgan fingerprint density at radius 3 is 3.00 bits per heavy atom. The fourth-order valence-electron chi connectivity index (χ4n) is 3.48. The van der Waals surface area contributed by atoms with E-state index in [-0.39, 0.29) is 17.9 Å². The second-order valence-electron chi connectivity index (χ2n) is 6.53. The maximum Gasteiger partial charge on any atom is 0.253 e. The van der Waals surface area contributed by atoms with Crippen molar-refractivity contribution >= 4 is 16.9 Å². The first-order valence-electron chi connectivity index (χ1n) is 8.81. The molecular formula is C19H21N5O2. The zero-order valence-electron chi connectivity index (χ0n) is 14.6. The molecule has 1 fully saturated rings. The lowest BCUT2D eigenvalue weighted by Crippen LogP contribution is -2.36. The molecule has 0 bridgehead atoms. The van der Waals surface area contributed by atoms with Crippen molar-refractivity contribution in [3.05, 3.63) is 54.4 Å². The molecule has 0 aliphatic carbocycles. The topological polar surface area (TPSA) is 81.9 Å². The van der Waals surface area contributed by atoms with Gasteiger partial charge in [0.25, 0.3) is 5.91 Å². The number of hydrogen-bond acceptors (Lipinski definition) is 5. The molecular weight excluding hydrogens is 330 g/mol. The van der Waals surface area contributed by atoms with Gasteiger partial charge in [0, 0.05) is 50.9 Å². The zero-order chi connectivity index (χ0) is 17.9. The Morgan fingerprint density at radius 2 is 2.15 bits per heavy atom. The van der Waals surface area contributed by atoms with E-state index in [0.29, 0.717) is 23.1 Å². The van der Waals surface area contributed by atoms with Crippen LogP contribution in [0.2, 0.25) is 0 Å². The molecule has 4 rings (SSSR count). The van der Waals surface area contributed by atoms with Crippen molar-refractivity contribution in [2.75, 3.05) is 13.2 Å². The summed E-state index contributed by atoms with van der Waals surface area (Å²) in [5.74, 6) is 0.954. The highest BCUT2D eigenvalue weighted by Gasteiger charge is 2.30. The third kappa shape index (κ3) is 3.17. The number of aromatic nitrogens is 4. The van der Waals surface area contributed by atoms with Crippen LogP contribution < -0.4 is 5.32 Å². The SMILES string of the molecule is Cn1ccnc1[C@@H]1OCCC[C@H]1CNC(=O)c1cccc2nccnc12. The molecule has 1 aromatic carbocycles. The van der Waals surface area contributed by atoms with Crippen molar-refractivity contribution in [2.24, 2.45) is 13.0 Å². The van der Waals surface area contributed by atoms with Gasteiger partial charge in [-0.15, -0.1) is 0 Å². The number of carbonyl (C=O) groups excluding carboxylic acids is 1. The third-order valence-electron chi connectivity index (χ3n) is 4.83. The van der Waals surface area contributed by atoms with Crippen molar-refractivity contribution in [2.45, 2.75) is 18.9 Å². The molecule has 1 amide bonds. The number of rotatable bonds is 4. The van der Waals surface area contributed by atoms with Crippen LogP contribution in [0.4, 0.5) is 0 Å². The zero-order valence-corrected chi connectivity index (χ0v) is 14.6. The highest BCUT2D eigenvalue weighted by Crippen LogP contribution is 2.32. The Kier molecular flexibility index (Phi) is 4.62. The molecule has 26 heavy (non-hydrogen) atoms. The number of hydrogen-bond donors (Lipinski definition) is 1. The molecule has 0 unspecified atom stereocenters. The summed E-state index contributed by atoms with van der Waals surface area (Å²) in [5.41, 5.74) is 1.88. The quantitative estimate of drug-likeness (QED) is 0.780. The first-order valence-corrected chi connectivity index (χ1v) is 8.81. The van der Waals surface area contributed by atoms with Gasteiger partial charge in [0.2, 0.25) is 0 Å². The number of nitrogens with zero attached hydrogens (tertiary/aromatic N) is 4. The van der Waals surface area contributed by atoms with E-state index < -0.39 is 0 Å². The minimum Gasteiger partial charge on any atom is -0.370 e. The van der Waals surface area contributed by atoms with E-state index >= 15 is 0 Å². The van der Waals surface area contributed by atoms with Crippen LogP contribution in [0.3, 0.4) is 0 Å². The van der Waals surface area contributed by atoms with Crippen molar-refractivity contribution < 1.29 is 9.53 Å². The van der Waals surface area contributed by atoms with E-state index in [1.54, 1.807) is 24.7 Å². The Hall–Kier alpha value is -2.80. The lowest BCUT2D eigenvalue weighted by molar-refractivity contribution is -0.0337. The van der Waals surface area contributed by atoms with Crippen LogP contribution in [-0.2, 0) is 11.8 Å². The number of carbonyl (C=O) groups is 1. The normalized spacial score (nSPS) is 20.2. The van der Waals surface area contributed by atoms with Crippen LogP contribution in [0.15, 0.2) is 43.0 Å². The first-order chi connectivity index (χ1) is 12.7. The van der Waals surface area contributed by atoms with E-state index in [4.69, 9.17) is 4.74 Å². The monoisotopic (exact) mass is 351 g/mol. The van der Waals surface area contributed by atoms with Gasteiger partial charge < -0.3 is 14.6 Å². The standard InChI is InChI=1S/C19H21N5O2/c1-24-10-9-22-18(24)17-13(4-3-11-26-17)12-23-19(25)14-5-2-6-15-16(14)21-8-7-20-15/h2,5-10,13,17H,3-4,11-12H2,1H3,(H,23,25)/t13-,17+/m0/s1. The number of fused-ring (bicyclic) bond motifs is 1. The van der Waals surface area contributed by atoms with Gasteiger partial charge in [-0.25, -0.2) is 4.98 Å². The van der Waals surface area contributed by atoms with E-state index in [9.17, 15) is 4.79 Å². The average Bonchev–Trinajstić information content (AvgIpc) is 3.11. The largest absolute Gasteiger partial charge is 0.370 e. The molecule has 3 aromatic rings. The molecule has 2 atom stereocenters. The summed E-state index contributed by atoms with van der Waals surface area (Å²) in [7, 11) is 1.96. The molecule has 7 heteroatoms. The van der Waals surface area contributed by atoms with Gasteiger partial charge in [0.05, 0.1) is 11.1 Å². The van der Waals surface area contributed by atoms with Crippen LogP contribution in [0.1, 0.15) is 35.1 Å². The molecule has 0 saturated carbocycles. The summed E-state index contributed by atoms with van der Waals surface area (Å²) < 4.78 is 7.94. The summed E-state index contributed by atoms with van der Waals surface area (Å²) >= 11 is 0. The van der Waals surface area contributed by atoms with Gasteiger partial charge in [-0.1, -0.05) is 6.07 Å². The van der Waals surface area contributed by atoms with Crippen molar-refractivity contribution in [3.63, 3.8) is 0 Å². The molecule has 1 aliphatic rings. The number of ether oxygens (including phenoxy) is 1. The minimum atomic E-state index is -0.139. The third-order valence-corrected chi connectivity index (χ3v) is 4.83. The van der Waals surface area contributed by atoms with Crippen molar-refractivity contribution in [1.29, 1.82) is 0 Å². The molecule has 3 heterocycles. The molecule has 7 nitrogen and oxygen atoms in total. The molecule has 1 aliphatic heterocycles. The number of amides is 1. The highest BCUT2D eigenvalue weighted by molar-refractivity contribution is 6.04. The van der Waals surface area contributed by atoms with E-state index in [1.165, 1.54) is 0 Å². The fourth-order valence-corrected chi connectivity index (χ4v) is 3.48. The Balaban J connectivity index is 1.50. The maximum atomic E-state index is 12.7. The van der Waals surface area contributed by atoms with Gasteiger partial charge in [0.1, 0.15) is 17.4 Å². The van der Waals surface area contributed by atoms with Gasteiger partial charge in [-0.05, 0) is 25.0 Å². The Morgan fingerprint density at radius 1 is 1.27 bits per heavy atom. The van der Waals surface area contributed by atoms with Crippen LogP contribution in [0.25, 0.3) is 11.0 Å². The molecule has 0 radical (unpaired) electrons. The van der Waals surface area contributed by atoms with Crippen LogP contribution in [0, 0.1) is 5.92 Å². The minimum absolute atomic E-state index is 0.101. The highest BCUT2D eigenvalue weighted by atomic mass is 16.5. The van der Waals surface area contributed by atoms with Gasteiger partial charge in [-0.2, -0.15) is 0 Å². The number of nitrogens with one attached hydrogen (secondary N) is 1. The smallest absolute Gasteiger partial charge is 0.253 e. The van der Waals surface area contributed by atoms with E-state index in [1.807, 2.05) is 29.9 Å². The molecule has 134 valence electrons. The molecule has 2 aromatic heterocycles. The second kappa shape index (κ2) is 7.21. The summed E-state index contributed by atoms with van der Waals surface area (Å²) in [6, 6.07) is 5.46. The summed E-state index contributed by atoms with van der Waals surface area (Å²) in [6.45, 7) is 1.26. The predicted molar refractivity (Wildman–Crippen MR) is 96.5 cm³/mol. The van der Waals surface area contributed by atoms with Crippen LogP contribution in [0.5, 0.6) is 0 Å². The van der Waals surface area contributed by atoms with Crippen LogP contribution >= 0.6 is 0 Å². The van der Waals surface area contributed by atoms with E-state index in [2.05, 4.69) is 20.3 Å². The average molecular weight is 351 g/mol. The summed E-state index contributed by atoms with van der Waals surface area (Å²) in [4.78, 5) is 25.7. The lowest BCUT2D eigenvalue weighted by atomic mass is 9.93. The Labute approximate surface area is 151 Å². The first kappa shape index (κ1) is 16.7. The van der Waals surface area contributed by atoms with Crippen molar-refractivity contribution in [1.82, 2.24) is 24.8 Å². The molecule has 0 spiro atoms. The number of para-hydroxylation sites is 1. The number of imidazole rings is 1. The van der Waals surface area contributed by atoms with E-state index in [0.717, 1.165) is 25.3 Å². The summed E-state index contributed by atoms with van der Waals surface area (Å²) in [5, 5.41) is 3.05. The lowest BCUT2D eigenvalue weighted by Gasteiger charge is -2.31. The maximum absolute atomic E-state index is 12.7. The number of aryl methyl sites for hydroxylation is 1. The fraction of sp³-hybridized carbons (Fsp3) is 0.368.